The molecule has 19 heavy (non-hydrogen) atoms. The van der Waals surface area contributed by atoms with E-state index >= 15 is 0 Å². The molecule has 1 heterocycles. The number of nitrogens with two attached hydrogens (primary N) is 1. The zero-order valence-electron chi connectivity index (χ0n) is 11.4. The zero-order chi connectivity index (χ0) is 14.2. The number of nitrogens with one attached hydrogen (secondary N) is 1. The monoisotopic (exact) mass is 261 g/mol. The predicted molar refractivity (Wildman–Crippen MR) is 74.7 cm³/mol. The molecule has 1 fully saturated rings. The van der Waals surface area contributed by atoms with Crippen LogP contribution in [0.25, 0.3) is 0 Å². The molecule has 1 saturated heterocycles. The van der Waals surface area contributed by atoms with Crippen molar-refractivity contribution < 1.29 is 9.59 Å². The van der Waals surface area contributed by atoms with Gasteiger partial charge in [0, 0.05) is 18.2 Å². The van der Waals surface area contributed by atoms with Crippen LogP contribution in [0.3, 0.4) is 0 Å². The second kappa shape index (κ2) is 4.57. The summed E-state index contributed by atoms with van der Waals surface area (Å²) in [7, 11) is 0. The van der Waals surface area contributed by atoms with Crippen molar-refractivity contribution in [1.82, 2.24) is 5.32 Å². The molecule has 0 aliphatic carbocycles. The third kappa shape index (κ3) is 2.70. The number of nitrogens with zero attached hydrogens (tertiary/aromatic N) is 1. The summed E-state index contributed by atoms with van der Waals surface area (Å²) in [6, 6.07) is 6.22. The van der Waals surface area contributed by atoms with Crippen LogP contribution in [-0.2, 0) is 4.79 Å². The van der Waals surface area contributed by atoms with Crippen LogP contribution in [0.5, 0.6) is 0 Å². The highest BCUT2D eigenvalue weighted by Crippen LogP contribution is 2.28. The lowest BCUT2D eigenvalue weighted by molar-refractivity contribution is -0.119. The number of hydrogen-bond donors (Lipinski definition) is 2. The first-order valence-electron chi connectivity index (χ1n) is 6.28. The summed E-state index contributed by atoms with van der Waals surface area (Å²) >= 11 is 0. The van der Waals surface area contributed by atoms with Crippen molar-refractivity contribution >= 4 is 23.3 Å². The minimum Gasteiger partial charge on any atom is -0.399 e. The van der Waals surface area contributed by atoms with E-state index < -0.39 is 0 Å². The molecule has 1 aliphatic heterocycles. The van der Waals surface area contributed by atoms with Gasteiger partial charge in [-0.2, -0.15) is 0 Å². The summed E-state index contributed by atoms with van der Waals surface area (Å²) in [5, 5.41) is 2.88. The van der Waals surface area contributed by atoms with Crippen molar-refractivity contribution in [3.8, 4) is 0 Å². The Hall–Kier alpha value is -2.04. The summed E-state index contributed by atoms with van der Waals surface area (Å²) in [5.74, 6) is -0.200. The van der Waals surface area contributed by atoms with Crippen LogP contribution in [0.1, 0.15) is 27.2 Å². The molecule has 1 unspecified atom stereocenters. The Morgan fingerprint density at radius 1 is 1.32 bits per heavy atom. The Morgan fingerprint density at radius 3 is 2.53 bits per heavy atom. The maximum atomic E-state index is 12.2. The summed E-state index contributed by atoms with van der Waals surface area (Å²) < 4.78 is 0. The molecule has 0 bridgehead atoms. The molecular weight excluding hydrogens is 242 g/mol. The molecule has 1 atom stereocenters. The van der Waals surface area contributed by atoms with Crippen LogP contribution in [0.15, 0.2) is 24.3 Å². The van der Waals surface area contributed by atoms with Crippen LogP contribution >= 0.6 is 0 Å². The Labute approximate surface area is 112 Å². The van der Waals surface area contributed by atoms with Gasteiger partial charge in [-0.15, -0.1) is 0 Å². The maximum absolute atomic E-state index is 12.2. The minimum atomic E-state index is -0.387. The molecule has 2 rings (SSSR count). The largest absolute Gasteiger partial charge is 0.399 e. The Morgan fingerprint density at radius 2 is 2.00 bits per heavy atom. The van der Waals surface area contributed by atoms with Gasteiger partial charge in [0.05, 0.1) is 5.69 Å². The van der Waals surface area contributed by atoms with Crippen molar-refractivity contribution in [2.24, 2.45) is 5.41 Å². The number of imide groups is 1. The molecule has 3 amide bonds. The number of carbonyl (C=O) groups excluding carboxylic acids is 2. The van der Waals surface area contributed by atoms with Gasteiger partial charge in [-0.25, -0.2) is 9.69 Å². The van der Waals surface area contributed by atoms with E-state index in [4.69, 9.17) is 5.73 Å². The smallest absolute Gasteiger partial charge is 0.328 e. The van der Waals surface area contributed by atoms with E-state index in [1.54, 1.807) is 24.3 Å². The molecule has 102 valence electrons. The van der Waals surface area contributed by atoms with E-state index in [0.717, 1.165) is 4.90 Å². The molecule has 1 aliphatic rings. The Bertz CT molecular complexity index is 502. The second-order valence-corrected chi connectivity index (χ2v) is 5.90. The zero-order valence-corrected chi connectivity index (χ0v) is 11.4. The standard InChI is InChI=1S/C14H19N3O2/c1-14(2,3)11-8-12(18)17(13(19)16-11)10-6-4-5-9(15)7-10/h4-7,11H,8,15H2,1-3H3,(H,16,19). The lowest BCUT2D eigenvalue weighted by Gasteiger charge is -2.38. The van der Waals surface area contributed by atoms with E-state index in [1.807, 2.05) is 20.8 Å². The number of urea groups is 1. The maximum Gasteiger partial charge on any atom is 0.328 e. The molecule has 5 heteroatoms. The van der Waals surface area contributed by atoms with E-state index in [9.17, 15) is 9.59 Å². The normalized spacial score (nSPS) is 20.4. The van der Waals surface area contributed by atoms with Crippen molar-refractivity contribution in [1.29, 1.82) is 0 Å². The fraction of sp³-hybridized carbons (Fsp3) is 0.429. The van der Waals surface area contributed by atoms with E-state index in [-0.39, 0.29) is 23.4 Å². The van der Waals surface area contributed by atoms with Crippen LogP contribution in [0.2, 0.25) is 0 Å². The highest BCUT2D eigenvalue weighted by atomic mass is 16.2. The van der Waals surface area contributed by atoms with Crippen LogP contribution in [0, 0.1) is 5.41 Å². The molecule has 1 aromatic carbocycles. The highest BCUT2D eigenvalue weighted by Gasteiger charge is 2.38. The number of anilines is 2. The predicted octanol–water partition coefficient (Wildman–Crippen LogP) is 2.13. The van der Waals surface area contributed by atoms with Crippen LogP contribution in [-0.4, -0.2) is 18.0 Å². The first-order valence-corrected chi connectivity index (χ1v) is 6.28. The molecule has 0 aromatic heterocycles. The van der Waals surface area contributed by atoms with Gasteiger partial charge in [-0.05, 0) is 23.6 Å². The summed E-state index contributed by atoms with van der Waals surface area (Å²) in [5.41, 5.74) is 6.57. The minimum absolute atomic E-state index is 0.146. The SMILES string of the molecule is CC(C)(C)C1CC(=O)N(c2cccc(N)c2)C(=O)N1. The van der Waals surface area contributed by atoms with Gasteiger partial charge < -0.3 is 11.1 Å². The fourth-order valence-electron chi connectivity index (χ4n) is 2.09. The lowest BCUT2D eigenvalue weighted by Crippen LogP contribution is -2.58. The van der Waals surface area contributed by atoms with Gasteiger partial charge in [-0.3, -0.25) is 4.79 Å². The molecule has 3 N–H and O–H groups in total. The average molecular weight is 261 g/mol. The van der Waals surface area contributed by atoms with Gasteiger partial charge in [-0.1, -0.05) is 26.8 Å². The van der Waals surface area contributed by atoms with Crippen molar-refractivity contribution in [3.05, 3.63) is 24.3 Å². The first-order chi connectivity index (χ1) is 8.79. The van der Waals surface area contributed by atoms with Crippen molar-refractivity contribution in [2.45, 2.75) is 33.2 Å². The van der Waals surface area contributed by atoms with E-state index in [0.29, 0.717) is 17.8 Å². The van der Waals surface area contributed by atoms with Gasteiger partial charge in [0.2, 0.25) is 5.91 Å². The number of nitrogen functional groups attached to an aromatic ring is 1. The topological polar surface area (TPSA) is 75.4 Å². The molecule has 0 saturated carbocycles. The third-order valence-corrected chi connectivity index (χ3v) is 3.30. The van der Waals surface area contributed by atoms with Crippen molar-refractivity contribution in [2.75, 3.05) is 10.6 Å². The highest BCUT2D eigenvalue weighted by molar-refractivity contribution is 6.16. The molecule has 1 aromatic rings. The molecular formula is C14H19N3O2. The molecule has 0 spiro atoms. The Balaban J connectivity index is 2.26. The summed E-state index contributed by atoms with van der Waals surface area (Å²) in [6.07, 6.45) is 0.296. The number of rotatable bonds is 1. The van der Waals surface area contributed by atoms with E-state index in [2.05, 4.69) is 5.32 Å². The molecule has 0 radical (unpaired) electrons. The van der Waals surface area contributed by atoms with E-state index in [1.165, 1.54) is 0 Å². The van der Waals surface area contributed by atoms with Gasteiger partial charge >= 0.3 is 6.03 Å². The number of amides is 3. The van der Waals surface area contributed by atoms with Crippen LogP contribution < -0.4 is 16.0 Å². The quantitative estimate of drug-likeness (QED) is 0.760. The fourth-order valence-corrected chi connectivity index (χ4v) is 2.09. The average Bonchev–Trinajstić information content (AvgIpc) is 2.26. The van der Waals surface area contributed by atoms with Crippen molar-refractivity contribution in [3.63, 3.8) is 0 Å². The molecule has 5 nitrogen and oxygen atoms in total. The van der Waals surface area contributed by atoms with Crippen LogP contribution in [0.4, 0.5) is 16.2 Å². The lowest BCUT2D eigenvalue weighted by atomic mass is 9.83. The third-order valence-electron chi connectivity index (χ3n) is 3.30. The van der Waals surface area contributed by atoms with Gasteiger partial charge in [0.25, 0.3) is 0 Å². The number of carbonyl (C=O) groups is 2. The van der Waals surface area contributed by atoms with Gasteiger partial charge in [0.1, 0.15) is 0 Å². The second-order valence-electron chi connectivity index (χ2n) is 5.90. The number of hydrogen-bond acceptors (Lipinski definition) is 3. The Kier molecular flexibility index (Phi) is 3.22. The first kappa shape index (κ1) is 13.4. The number of benzene rings is 1. The van der Waals surface area contributed by atoms with Gasteiger partial charge in [0.15, 0.2) is 0 Å². The summed E-state index contributed by atoms with van der Waals surface area (Å²) in [6.45, 7) is 6.00. The summed E-state index contributed by atoms with van der Waals surface area (Å²) in [4.78, 5) is 25.5.